The summed E-state index contributed by atoms with van der Waals surface area (Å²) in [5.41, 5.74) is -0.494. The van der Waals surface area contributed by atoms with Crippen molar-refractivity contribution in [3.8, 4) is 0 Å². The summed E-state index contributed by atoms with van der Waals surface area (Å²) >= 11 is 0. The molecule has 0 bridgehead atoms. The highest BCUT2D eigenvalue weighted by Gasteiger charge is 2.58. The number of rotatable bonds is 3. The minimum atomic E-state index is -4.35. The fourth-order valence-electron chi connectivity index (χ4n) is 2.53. The van der Waals surface area contributed by atoms with Crippen LogP contribution in [0.1, 0.15) is 30.9 Å². The zero-order valence-corrected chi connectivity index (χ0v) is 9.79. The first-order valence-electron chi connectivity index (χ1n) is 5.72. The van der Waals surface area contributed by atoms with Crippen LogP contribution in [-0.2, 0) is 16.4 Å². The third-order valence-corrected chi connectivity index (χ3v) is 3.79. The van der Waals surface area contributed by atoms with E-state index < -0.39 is 29.0 Å². The van der Waals surface area contributed by atoms with E-state index in [0.717, 1.165) is 12.1 Å². The molecule has 1 aromatic carbocycles. The minimum Gasteiger partial charge on any atom is -0.481 e. The molecule has 0 aliphatic heterocycles. The lowest BCUT2D eigenvalue weighted by atomic mass is 9.90. The first-order chi connectivity index (χ1) is 8.31. The third kappa shape index (κ3) is 1.98. The number of carboxylic acids is 1. The van der Waals surface area contributed by atoms with Gasteiger partial charge in [-0.2, -0.15) is 13.2 Å². The van der Waals surface area contributed by atoms with Gasteiger partial charge in [0.1, 0.15) is 0 Å². The van der Waals surface area contributed by atoms with E-state index in [4.69, 9.17) is 5.11 Å². The highest BCUT2D eigenvalue weighted by molar-refractivity contribution is 5.77. The molecule has 1 unspecified atom stereocenters. The summed E-state index contributed by atoms with van der Waals surface area (Å²) in [5.74, 6) is -1.35. The molecule has 0 radical (unpaired) electrons. The predicted octanol–water partition coefficient (Wildman–Crippen LogP) is 3.46. The van der Waals surface area contributed by atoms with Gasteiger partial charge in [0.15, 0.2) is 0 Å². The molecule has 0 aromatic heterocycles. The number of alkyl halides is 3. The molecule has 1 aliphatic carbocycles. The topological polar surface area (TPSA) is 37.3 Å². The Kier molecular flexibility index (Phi) is 2.87. The van der Waals surface area contributed by atoms with Crippen LogP contribution in [0.2, 0.25) is 0 Å². The molecule has 1 saturated carbocycles. The quantitative estimate of drug-likeness (QED) is 0.901. The van der Waals surface area contributed by atoms with Crippen LogP contribution >= 0.6 is 0 Å². The lowest BCUT2D eigenvalue weighted by molar-refractivity contribution is -0.139. The lowest BCUT2D eigenvalue weighted by Crippen LogP contribution is -2.14. The smallest absolute Gasteiger partial charge is 0.416 e. The van der Waals surface area contributed by atoms with Crippen LogP contribution in [0.25, 0.3) is 0 Å². The van der Waals surface area contributed by atoms with Gasteiger partial charge in [-0.3, -0.25) is 4.79 Å². The van der Waals surface area contributed by atoms with E-state index in [1.807, 2.05) is 6.92 Å². The second-order valence-corrected chi connectivity index (χ2v) is 4.68. The Morgan fingerprint density at radius 2 is 1.94 bits per heavy atom. The van der Waals surface area contributed by atoms with Gasteiger partial charge in [-0.15, -0.1) is 0 Å². The minimum absolute atomic E-state index is 0.473. The number of carboxylic acid groups (broad SMARTS) is 1. The SMILES string of the molecule is CCC1(c2ccc(C(F)(F)F)cc2)C[C@H]1C(=O)O. The predicted molar refractivity (Wildman–Crippen MR) is 59.2 cm³/mol. The Balaban J connectivity index is 2.28. The molecule has 2 rings (SSSR count). The summed E-state index contributed by atoms with van der Waals surface area (Å²) in [6.07, 6.45) is -3.23. The van der Waals surface area contributed by atoms with Crippen molar-refractivity contribution in [2.24, 2.45) is 5.92 Å². The second-order valence-electron chi connectivity index (χ2n) is 4.68. The molecule has 5 heteroatoms. The van der Waals surface area contributed by atoms with Gasteiger partial charge in [0.2, 0.25) is 0 Å². The van der Waals surface area contributed by atoms with E-state index in [0.29, 0.717) is 18.4 Å². The average molecular weight is 258 g/mol. The van der Waals surface area contributed by atoms with Crippen molar-refractivity contribution in [3.63, 3.8) is 0 Å². The molecule has 0 saturated heterocycles. The Labute approximate surface area is 102 Å². The van der Waals surface area contributed by atoms with Gasteiger partial charge in [-0.05, 0) is 30.5 Å². The molecule has 2 atom stereocenters. The van der Waals surface area contributed by atoms with E-state index >= 15 is 0 Å². The van der Waals surface area contributed by atoms with Gasteiger partial charge in [-0.1, -0.05) is 19.1 Å². The number of hydrogen-bond donors (Lipinski definition) is 1. The van der Waals surface area contributed by atoms with Gasteiger partial charge in [0.05, 0.1) is 11.5 Å². The molecule has 18 heavy (non-hydrogen) atoms. The summed E-state index contributed by atoms with van der Waals surface area (Å²) in [4.78, 5) is 11.0. The van der Waals surface area contributed by atoms with Crippen LogP contribution in [0.15, 0.2) is 24.3 Å². The van der Waals surface area contributed by atoms with Crippen LogP contribution in [0.5, 0.6) is 0 Å². The highest BCUT2D eigenvalue weighted by Crippen LogP contribution is 2.56. The molecule has 1 N–H and O–H groups in total. The molecular weight excluding hydrogens is 245 g/mol. The average Bonchev–Trinajstić information content (AvgIpc) is 3.04. The van der Waals surface area contributed by atoms with E-state index in [9.17, 15) is 18.0 Å². The fourth-order valence-corrected chi connectivity index (χ4v) is 2.53. The van der Waals surface area contributed by atoms with E-state index in [2.05, 4.69) is 0 Å². The number of halogens is 3. The van der Waals surface area contributed by atoms with E-state index in [1.54, 1.807) is 0 Å². The molecule has 1 fully saturated rings. The molecule has 2 nitrogen and oxygen atoms in total. The maximum absolute atomic E-state index is 12.4. The van der Waals surface area contributed by atoms with Gasteiger partial charge in [0, 0.05) is 5.41 Å². The normalized spacial score (nSPS) is 27.0. The Morgan fingerprint density at radius 1 is 1.39 bits per heavy atom. The summed E-state index contributed by atoms with van der Waals surface area (Å²) < 4.78 is 37.3. The van der Waals surface area contributed by atoms with Crippen molar-refractivity contribution in [3.05, 3.63) is 35.4 Å². The Hall–Kier alpha value is -1.52. The molecule has 98 valence electrons. The van der Waals surface area contributed by atoms with Crippen LogP contribution < -0.4 is 0 Å². The highest BCUT2D eigenvalue weighted by atomic mass is 19.4. The summed E-state index contributed by atoms with van der Waals surface area (Å²) in [6, 6.07) is 4.83. The van der Waals surface area contributed by atoms with Gasteiger partial charge in [-0.25, -0.2) is 0 Å². The summed E-state index contributed by atoms with van der Waals surface area (Å²) in [6.45, 7) is 1.86. The molecule has 0 spiro atoms. The summed E-state index contributed by atoms with van der Waals surface area (Å²) in [7, 11) is 0. The van der Waals surface area contributed by atoms with E-state index in [1.165, 1.54) is 12.1 Å². The number of carbonyl (C=O) groups is 1. The van der Waals surface area contributed by atoms with Crippen molar-refractivity contribution < 1.29 is 23.1 Å². The van der Waals surface area contributed by atoms with Crippen molar-refractivity contribution >= 4 is 5.97 Å². The van der Waals surface area contributed by atoms with Crippen molar-refractivity contribution in [1.29, 1.82) is 0 Å². The maximum Gasteiger partial charge on any atom is 0.416 e. The maximum atomic E-state index is 12.4. The molecular formula is C13H13F3O2. The fraction of sp³-hybridized carbons (Fsp3) is 0.462. The largest absolute Gasteiger partial charge is 0.481 e. The van der Waals surface area contributed by atoms with E-state index in [-0.39, 0.29) is 0 Å². The van der Waals surface area contributed by atoms with Gasteiger partial charge < -0.3 is 5.11 Å². The van der Waals surface area contributed by atoms with Crippen LogP contribution in [0.3, 0.4) is 0 Å². The molecule has 1 aliphatic rings. The van der Waals surface area contributed by atoms with Gasteiger partial charge >= 0.3 is 12.1 Å². The molecule has 0 heterocycles. The monoisotopic (exact) mass is 258 g/mol. The van der Waals surface area contributed by atoms with Crippen molar-refractivity contribution in [2.45, 2.75) is 31.4 Å². The zero-order chi connectivity index (χ0) is 13.6. The number of aliphatic carboxylic acids is 1. The van der Waals surface area contributed by atoms with Crippen LogP contribution in [-0.4, -0.2) is 11.1 Å². The lowest BCUT2D eigenvalue weighted by Gasteiger charge is -2.15. The standard InChI is InChI=1S/C13H13F3O2/c1-2-12(7-10(12)11(17)18)8-3-5-9(6-4-8)13(14,15)16/h3-6,10H,2,7H2,1H3,(H,17,18)/t10-,12?/m0/s1. The summed E-state index contributed by atoms with van der Waals surface area (Å²) in [5, 5.41) is 8.99. The number of hydrogen-bond acceptors (Lipinski definition) is 1. The van der Waals surface area contributed by atoms with Crippen LogP contribution in [0, 0.1) is 5.92 Å². The second kappa shape index (κ2) is 4.00. The van der Waals surface area contributed by atoms with Gasteiger partial charge in [0.25, 0.3) is 0 Å². The first kappa shape index (κ1) is 12.9. The van der Waals surface area contributed by atoms with Crippen molar-refractivity contribution in [1.82, 2.24) is 0 Å². The Morgan fingerprint density at radius 3 is 2.28 bits per heavy atom. The molecule has 1 aromatic rings. The molecule has 0 amide bonds. The first-order valence-corrected chi connectivity index (χ1v) is 5.72. The van der Waals surface area contributed by atoms with Crippen LogP contribution in [0.4, 0.5) is 13.2 Å². The van der Waals surface area contributed by atoms with Crippen molar-refractivity contribution in [2.75, 3.05) is 0 Å². The number of benzene rings is 1. The Bertz CT molecular complexity index is 464. The zero-order valence-electron chi connectivity index (χ0n) is 9.79. The third-order valence-electron chi connectivity index (χ3n) is 3.79.